The van der Waals surface area contributed by atoms with Crippen molar-refractivity contribution in [2.24, 2.45) is 5.41 Å². The van der Waals surface area contributed by atoms with Crippen LogP contribution < -0.4 is 0 Å². The highest BCUT2D eigenvalue weighted by Crippen LogP contribution is 2.22. The van der Waals surface area contributed by atoms with Crippen LogP contribution in [0.25, 0.3) is 0 Å². The molecule has 0 aromatic heterocycles. The number of aliphatic hydroxyl groups excluding tert-OH is 1. The van der Waals surface area contributed by atoms with Crippen molar-refractivity contribution in [2.75, 3.05) is 0 Å². The molecule has 1 unspecified atom stereocenters. The molecule has 0 bridgehead atoms. The van der Waals surface area contributed by atoms with E-state index < -0.39 is 0 Å². The third-order valence-corrected chi connectivity index (χ3v) is 3.11. The van der Waals surface area contributed by atoms with Gasteiger partial charge in [-0.25, -0.2) is 0 Å². The summed E-state index contributed by atoms with van der Waals surface area (Å²) < 4.78 is 0. The summed E-state index contributed by atoms with van der Waals surface area (Å²) in [5, 5.41) is 9.80. The number of rotatable bonds is 9. The van der Waals surface area contributed by atoms with E-state index in [1.807, 2.05) is 0 Å². The summed E-state index contributed by atoms with van der Waals surface area (Å²) in [5.74, 6) is 0. The summed E-state index contributed by atoms with van der Waals surface area (Å²) in [5.41, 5.74) is 0.418. The molecule has 1 nitrogen and oxygen atoms in total. The predicted molar refractivity (Wildman–Crippen MR) is 72.7 cm³/mol. The lowest BCUT2D eigenvalue weighted by Crippen LogP contribution is -2.10. The molecule has 0 amide bonds. The Kier molecular flexibility index (Phi) is 9.02. The molecular weight excluding hydrogens is 196 g/mol. The molecule has 0 aliphatic rings. The molecule has 98 valence electrons. The Morgan fingerprint density at radius 1 is 0.875 bits per heavy atom. The molecule has 1 heteroatoms. The van der Waals surface area contributed by atoms with Crippen LogP contribution in [0.2, 0.25) is 0 Å². The van der Waals surface area contributed by atoms with Gasteiger partial charge in [0, 0.05) is 0 Å². The van der Waals surface area contributed by atoms with Crippen LogP contribution in [0.3, 0.4) is 0 Å². The standard InChI is InChI=1S/C15H32O/c1-5-6-7-8-9-11-14(16)12-10-13-15(2,3)4/h14,16H,5-13H2,1-4H3. The Morgan fingerprint density at radius 3 is 2.00 bits per heavy atom. The third kappa shape index (κ3) is 12.0. The zero-order valence-electron chi connectivity index (χ0n) is 11.9. The second-order valence-corrected chi connectivity index (χ2v) is 6.31. The van der Waals surface area contributed by atoms with E-state index >= 15 is 0 Å². The first-order valence-electron chi connectivity index (χ1n) is 7.14. The van der Waals surface area contributed by atoms with E-state index in [2.05, 4.69) is 27.7 Å². The number of hydrogen-bond donors (Lipinski definition) is 1. The van der Waals surface area contributed by atoms with Crippen molar-refractivity contribution < 1.29 is 5.11 Å². The van der Waals surface area contributed by atoms with E-state index in [1.54, 1.807) is 0 Å². The molecule has 0 aromatic rings. The molecule has 16 heavy (non-hydrogen) atoms. The van der Waals surface area contributed by atoms with Gasteiger partial charge in [0.2, 0.25) is 0 Å². The fourth-order valence-corrected chi connectivity index (χ4v) is 2.00. The maximum Gasteiger partial charge on any atom is 0.0540 e. The zero-order chi connectivity index (χ0) is 12.4. The molecular formula is C15H32O. The molecule has 0 saturated carbocycles. The van der Waals surface area contributed by atoms with Gasteiger partial charge in [0.25, 0.3) is 0 Å². The van der Waals surface area contributed by atoms with Gasteiger partial charge in [-0.05, 0) is 24.7 Å². The third-order valence-electron chi connectivity index (χ3n) is 3.11. The molecule has 0 heterocycles. The smallest absolute Gasteiger partial charge is 0.0540 e. The molecule has 0 rings (SSSR count). The average molecular weight is 228 g/mol. The van der Waals surface area contributed by atoms with Crippen LogP contribution in [-0.2, 0) is 0 Å². The summed E-state index contributed by atoms with van der Waals surface area (Å²) >= 11 is 0. The minimum Gasteiger partial charge on any atom is -0.393 e. The van der Waals surface area contributed by atoms with E-state index in [4.69, 9.17) is 0 Å². The Morgan fingerprint density at radius 2 is 1.44 bits per heavy atom. The van der Waals surface area contributed by atoms with E-state index in [0.717, 1.165) is 12.8 Å². The van der Waals surface area contributed by atoms with Crippen molar-refractivity contribution in [3.05, 3.63) is 0 Å². The number of aliphatic hydroxyl groups is 1. The monoisotopic (exact) mass is 228 g/mol. The lowest BCUT2D eigenvalue weighted by molar-refractivity contribution is 0.142. The van der Waals surface area contributed by atoms with Crippen LogP contribution in [0.4, 0.5) is 0 Å². The molecule has 0 fully saturated rings. The minimum absolute atomic E-state index is 0.0519. The average Bonchev–Trinajstić information content (AvgIpc) is 2.15. The SMILES string of the molecule is CCCCCCCC(O)CCCC(C)(C)C. The van der Waals surface area contributed by atoms with Gasteiger partial charge in [-0.3, -0.25) is 0 Å². The second kappa shape index (κ2) is 9.04. The van der Waals surface area contributed by atoms with Crippen LogP contribution in [-0.4, -0.2) is 11.2 Å². The molecule has 0 aromatic carbocycles. The topological polar surface area (TPSA) is 20.2 Å². The molecule has 1 N–H and O–H groups in total. The first-order chi connectivity index (χ1) is 7.45. The van der Waals surface area contributed by atoms with Gasteiger partial charge in [0.1, 0.15) is 0 Å². The highest BCUT2D eigenvalue weighted by Gasteiger charge is 2.11. The lowest BCUT2D eigenvalue weighted by Gasteiger charge is -2.19. The first kappa shape index (κ1) is 16.0. The maximum atomic E-state index is 9.80. The van der Waals surface area contributed by atoms with E-state index in [9.17, 15) is 5.11 Å². The Balaban J connectivity index is 3.28. The predicted octanol–water partition coefficient (Wildman–Crippen LogP) is 4.92. The van der Waals surface area contributed by atoms with Crippen molar-refractivity contribution in [1.29, 1.82) is 0 Å². The Hall–Kier alpha value is -0.0400. The van der Waals surface area contributed by atoms with Crippen molar-refractivity contribution in [2.45, 2.75) is 91.6 Å². The fraction of sp³-hybridized carbons (Fsp3) is 1.00. The number of hydrogen-bond acceptors (Lipinski definition) is 1. The molecule has 0 radical (unpaired) electrons. The van der Waals surface area contributed by atoms with Crippen molar-refractivity contribution >= 4 is 0 Å². The summed E-state index contributed by atoms with van der Waals surface area (Å²) in [4.78, 5) is 0. The Labute approximate surface area is 103 Å². The minimum atomic E-state index is -0.0519. The van der Waals surface area contributed by atoms with Gasteiger partial charge in [-0.2, -0.15) is 0 Å². The Bertz CT molecular complexity index is 146. The van der Waals surface area contributed by atoms with E-state index in [1.165, 1.54) is 44.9 Å². The van der Waals surface area contributed by atoms with Gasteiger partial charge < -0.3 is 5.11 Å². The summed E-state index contributed by atoms with van der Waals surface area (Å²) in [6.07, 6.45) is 10.8. The van der Waals surface area contributed by atoms with Crippen molar-refractivity contribution in [3.8, 4) is 0 Å². The molecule has 0 saturated heterocycles. The molecule has 0 aliphatic carbocycles. The molecule has 1 atom stereocenters. The quantitative estimate of drug-likeness (QED) is 0.555. The highest BCUT2D eigenvalue weighted by molar-refractivity contribution is 4.64. The van der Waals surface area contributed by atoms with Crippen LogP contribution in [0, 0.1) is 5.41 Å². The van der Waals surface area contributed by atoms with Crippen molar-refractivity contribution in [3.63, 3.8) is 0 Å². The van der Waals surface area contributed by atoms with Gasteiger partial charge >= 0.3 is 0 Å². The van der Waals surface area contributed by atoms with Gasteiger partial charge in [-0.1, -0.05) is 66.2 Å². The van der Waals surface area contributed by atoms with Crippen molar-refractivity contribution in [1.82, 2.24) is 0 Å². The lowest BCUT2D eigenvalue weighted by atomic mass is 9.89. The normalized spacial score (nSPS) is 14.1. The summed E-state index contributed by atoms with van der Waals surface area (Å²) in [7, 11) is 0. The summed E-state index contributed by atoms with van der Waals surface area (Å²) in [6, 6.07) is 0. The maximum absolute atomic E-state index is 9.80. The van der Waals surface area contributed by atoms with Crippen LogP contribution in [0.15, 0.2) is 0 Å². The molecule has 0 spiro atoms. The van der Waals surface area contributed by atoms with E-state index in [0.29, 0.717) is 5.41 Å². The largest absolute Gasteiger partial charge is 0.393 e. The summed E-state index contributed by atoms with van der Waals surface area (Å²) in [6.45, 7) is 9.04. The van der Waals surface area contributed by atoms with Crippen LogP contribution in [0.1, 0.15) is 85.5 Å². The second-order valence-electron chi connectivity index (χ2n) is 6.31. The van der Waals surface area contributed by atoms with Gasteiger partial charge in [-0.15, -0.1) is 0 Å². The van der Waals surface area contributed by atoms with Gasteiger partial charge in [0.05, 0.1) is 6.10 Å². The van der Waals surface area contributed by atoms with Gasteiger partial charge in [0.15, 0.2) is 0 Å². The van der Waals surface area contributed by atoms with Crippen LogP contribution >= 0.6 is 0 Å². The van der Waals surface area contributed by atoms with Crippen LogP contribution in [0.5, 0.6) is 0 Å². The number of unbranched alkanes of at least 4 members (excludes halogenated alkanes) is 4. The highest BCUT2D eigenvalue weighted by atomic mass is 16.3. The fourth-order valence-electron chi connectivity index (χ4n) is 2.00. The van der Waals surface area contributed by atoms with E-state index in [-0.39, 0.29) is 6.10 Å². The first-order valence-corrected chi connectivity index (χ1v) is 7.14. The molecule has 0 aliphatic heterocycles. The zero-order valence-corrected chi connectivity index (χ0v) is 11.9.